The van der Waals surface area contributed by atoms with Crippen molar-refractivity contribution in [1.82, 2.24) is 10.6 Å². The van der Waals surface area contributed by atoms with Gasteiger partial charge in [-0.3, -0.25) is 4.79 Å². The van der Waals surface area contributed by atoms with Gasteiger partial charge in [0.1, 0.15) is 0 Å². The van der Waals surface area contributed by atoms with E-state index in [1.165, 1.54) is 0 Å². The lowest BCUT2D eigenvalue weighted by Gasteiger charge is -2.35. The summed E-state index contributed by atoms with van der Waals surface area (Å²) < 4.78 is 0. The zero-order chi connectivity index (χ0) is 13.0. The van der Waals surface area contributed by atoms with Gasteiger partial charge >= 0.3 is 0 Å². The number of carbonyl (C=O) groups is 1. The first-order valence-corrected chi connectivity index (χ1v) is 6.72. The van der Waals surface area contributed by atoms with E-state index in [0.29, 0.717) is 11.4 Å². The van der Waals surface area contributed by atoms with Crippen LogP contribution in [0, 0.1) is 0 Å². The highest BCUT2D eigenvalue weighted by molar-refractivity contribution is 6.31. The van der Waals surface area contributed by atoms with Crippen LogP contribution < -0.4 is 10.6 Å². The topological polar surface area (TPSA) is 41.1 Å². The number of hydrogen-bond donors (Lipinski definition) is 2. The number of amides is 1. The molecule has 1 heterocycles. The number of benzene rings is 1. The summed E-state index contributed by atoms with van der Waals surface area (Å²) in [7, 11) is 0. The van der Waals surface area contributed by atoms with E-state index in [9.17, 15) is 4.79 Å². The van der Waals surface area contributed by atoms with Gasteiger partial charge in [0.15, 0.2) is 0 Å². The average molecular weight is 267 g/mol. The normalized spacial score (nSPS) is 18.3. The second-order valence-corrected chi connectivity index (χ2v) is 5.53. The van der Waals surface area contributed by atoms with Gasteiger partial charge in [0.05, 0.1) is 6.42 Å². The van der Waals surface area contributed by atoms with E-state index in [1.54, 1.807) is 0 Å². The number of halogens is 1. The highest BCUT2D eigenvalue weighted by Crippen LogP contribution is 2.19. The molecule has 98 valence electrons. The molecule has 1 saturated heterocycles. The van der Waals surface area contributed by atoms with E-state index < -0.39 is 0 Å². The molecular weight excluding hydrogens is 248 g/mol. The summed E-state index contributed by atoms with van der Waals surface area (Å²) in [4.78, 5) is 12.0. The van der Waals surface area contributed by atoms with Gasteiger partial charge in [-0.25, -0.2) is 0 Å². The molecular formula is C14H19ClN2O. The molecule has 2 rings (SSSR count). The van der Waals surface area contributed by atoms with Crippen LogP contribution in [0.4, 0.5) is 0 Å². The van der Waals surface area contributed by atoms with Crippen LogP contribution in [0.25, 0.3) is 0 Å². The van der Waals surface area contributed by atoms with Crippen LogP contribution in [0.5, 0.6) is 0 Å². The Morgan fingerprint density at radius 3 is 2.72 bits per heavy atom. The molecule has 2 N–H and O–H groups in total. The average Bonchev–Trinajstić information content (AvgIpc) is 2.32. The summed E-state index contributed by atoms with van der Waals surface area (Å²) in [6.07, 6.45) is 2.30. The minimum atomic E-state index is -0.0798. The van der Waals surface area contributed by atoms with E-state index in [4.69, 9.17) is 11.6 Å². The Hall–Kier alpha value is -1.06. The van der Waals surface area contributed by atoms with Gasteiger partial charge in [-0.2, -0.15) is 0 Å². The van der Waals surface area contributed by atoms with Crippen molar-refractivity contribution in [2.24, 2.45) is 0 Å². The minimum absolute atomic E-state index is 0.0486. The maximum atomic E-state index is 12.0. The molecule has 0 bridgehead atoms. The lowest BCUT2D eigenvalue weighted by molar-refractivity contribution is -0.122. The molecule has 0 spiro atoms. The summed E-state index contributed by atoms with van der Waals surface area (Å²) in [6.45, 7) is 4.03. The van der Waals surface area contributed by atoms with Gasteiger partial charge in [0.2, 0.25) is 5.91 Å². The second kappa shape index (κ2) is 5.72. The molecule has 1 fully saturated rings. The fourth-order valence-corrected chi connectivity index (χ4v) is 2.50. The van der Waals surface area contributed by atoms with Crippen molar-refractivity contribution in [3.63, 3.8) is 0 Å². The minimum Gasteiger partial charge on any atom is -0.351 e. The van der Waals surface area contributed by atoms with E-state index in [1.807, 2.05) is 24.3 Å². The molecule has 0 aliphatic carbocycles. The van der Waals surface area contributed by atoms with Crippen molar-refractivity contribution in [2.45, 2.75) is 31.7 Å². The van der Waals surface area contributed by atoms with Gasteiger partial charge in [0.25, 0.3) is 0 Å². The summed E-state index contributed by atoms with van der Waals surface area (Å²) in [5.41, 5.74) is 0.804. The Balaban J connectivity index is 1.94. The van der Waals surface area contributed by atoms with Crippen LogP contribution >= 0.6 is 11.6 Å². The van der Waals surface area contributed by atoms with Gasteiger partial charge < -0.3 is 10.6 Å². The summed E-state index contributed by atoms with van der Waals surface area (Å²) in [6, 6.07) is 7.49. The highest BCUT2D eigenvalue weighted by Gasteiger charge is 2.28. The third-order valence-corrected chi connectivity index (χ3v) is 3.83. The van der Waals surface area contributed by atoms with Crippen LogP contribution in [0.3, 0.4) is 0 Å². The number of rotatable bonds is 3. The smallest absolute Gasteiger partial charge is 0.224 e. The van der Waals surface area contributed by atoms with Crippen molar-refractivity contribution in [3.8, 4) is 0 Å². The molecule has 1 aromatic rings. The predicted molar refractivity (Wildman–Crippen MR) is 73.8 cm³/mol. The Morgan fingerprint density at radius 2 is 2.06 bits per heavy atom. The van der Waals surface area contributed by atoms with E-state index in [-0.39, 0.29) is 11.4 Å². The number of carbonyl (C=O) groups excluding carboxylic acids is 1. The largest absolute Gasteiger partial charge is 0.351 e. The Bertz CT molecular complexity index is 428. The quantitative estimate of drug-likeness (QED) is 0.880. The first kappa shape index (κ1) is 13.4. The van der Waals surface area contributed by atoms with Crippen molar-refractivity contribution in [1.29, 1.82) is 0 Å². The molecule has 1 aliphatic heterocycles. The first-order valence-electron chi connectivity index (χ1n) is 6.34. The van der Waals surface area contributed by atoms with Crippen molar-refractivity contribution < 1.29 is 4.79 Å². The van der Waals surface area contributed by atoms with Crippen molar-refractivity contribution in [2.75, 3.05) is 13.1 Å². The number of hydrogen-bond acceptors (Lipinski definition) is 2. The summed E-state index contributed by atoms with van der Waals surface area (Å²) in [5.74, 6) is 0.0486. The third-order valence-electron chi connectivity index (χ3n) is 3.46. The molecule has 18 heavy (non-hydrogen) atoms. The Morgan fingerprint density at radius 1 is 1.39 bits per heavy atom. The monoisotopic (exact) mass is 266 g/mol. The van der Waals surface area contributed by atoms with Gasteiger partial charge in [-0.15, -0.1) is 0 Å². The molecule has 1 aromatic carbocycles. The fourth-order valence-electron chi connectivity index (χ4n) is 2.30. The van der Waals surface area contributed by atoms with Crippen LogP contribution in [-0.2, 0) is 11.2 Å². The fraction of sp³-hybridized carbons (Fsp3) is 0.500. The SMILES string of the molecule is CC1(NC(=O)Cc2ccccc2Cl)CCNCC1. The molecule has 3 nitrogen and oxygen atoms in total. The van der Waals surface area contributed by atoms with Crippen LogP contribution in [0.2, 0.25) is 5.02 Å². The number of piperidine rings is 1. The lowest BCUT2D eigenvalue weighted by atomic mass is 9.90. The van der Waals surface area contributed by atoms with E-state index in [0.717, 1.165) is 31.5 Å². The molecule has 1 aliphatic rings. The van der Waals surface area contributed by atoms with Crippen molar-refractivity contribution >= 4 is 17.5 Å². The predicted octanol–water partition coefficient (Wildman–Crippen LogP) is 2.14. The zero-order valence-electron chi connectivity index (χ0n) is 10.6. The molecule has 1 amide bonds. The third kappa shape index (κ3) is 3.47. The Kier molecular flexibility index (Phi) is 4.25. The lowest BCUT2D eigenvalue weighted by Crippen LogP contribution is -2.52. The highest BCUT2D eigenvalue weighted by atomic mass is 35.5. The molecule has 0 radical (unpaired) electrons. The molecule has 0 aromatic heterocycles. The molecule has 0 unspecified atom stereocenters. The van der Waals surface area contributed by atoms with Gasteiger partial charge in [-0.1, -0.05) is 29.8 Å². The molecule has 0 saturated carbocycles. The molecule has 0 atom stereocenters. The van der Waals surface area contributed by atoms with E-state index >= 15 is 0 Å². The van der Waals surface area contributed by atoms with E-state index in [2.05, 4.69) is 17.6 Å². The molecule has 4 heteroatoms. The second-order valence-electron chi connectivity index (χ2n) is 5.13. The van der Waals surface area contributed by atoms with Crippen LogP contribution in [0.15, 0.2) is 24.3 Å². The van der Waals surface area contributed by atoms with Gasteiger partial charge in [-0.05, 0) is 44.5 Å². The standard InChI is InChI=1S/C14H19ClN2O/c1-14(6-8-16-9-7-14)17-13(18)10-11-4-2-3-5-12(11)15/h2-5,16H,6-10H2,1H3,(H,17,18). The summed E-state index contributed by atoms with van der Waals surface area (Å²) >= 11 is 6.06. The zero-order valence-corrected chi connectivity index (χ0v) is 11.4. The first-order chi connectivity index (χ1) is 8.59. The van der Waals surface area contributed by atoms with Gasteiger partial charge in [0, 0.05) is 10.6 Å². The Labute approximate surface area is 113 Å². The number of nitrogens with one attached hydrogen (secondary N) is 2. The van der Waals surface area contributed by atoms with Crippen LogP contribution in [0.1, 0.15) is 25.3 Å². The maximum absolute atomic E-state index is 12.0. The maximum Gasteiger partial charge on any atom is 0.224 e. The summed E-state index contributed by atoms with van der Waals surface area (Å²) in [5, 5.41) is 7.09. The van der Waals surface area contributed by atoms with Crippen molar-refractivity contribution in [3.05, 3.63) is 34.9 Å². The van der Waals surface area contributed by atoms with Crippen LogP contribution in [-0.4, -0.2) is 24.5 Å².